The minimum atomic E-state index is 0.0500. The zero-order valence-corrected chi connectivity index (χ0v) is 10.6. The second kappa shape index (κ2) is 5.32. The predicted octanol–water partition coefficient (Wildman–Crippen LogP) is 1.82. The summed E-state index contributed by atoms with van der Waals surface area (Å²) in [6, 6.07) is 8.03. The molecule has 0 saturated carbocycles. The Bertz CT molecular complexity index is 403. The van der Waals surface area contributed by atoms with Gasteiger partial charge in [-0.3, -0.25) is 4.79 Å². The number of piperidine rings is 1. The maximum atomic E-state index is 12.0. The molecule has 1 heterocycles. The molecular formula is C14H20N2O. The number of carbonyl (C=O) groups excluding carboxylic acids is 1. The van der Waals surface area contributed by atoms with Crippen molar-refractivity contribution in [2.45, 2.75) is 25.8 Å². The molecule has 0 aliphatic carbocycles. The molecule has 0 bridgehead atoms. The molecule has 0 spiro atoms. The van der Waals surface area contributed by atoms with E-state index < -0.39 is 0 Å². The maximum absolute atomic E-state index is 12.0. The van der Waals surface area contributed by atoms with Crippen molar-refractivity contribution in [3.8, 4) is 0 Å². The lowest BCUT2D eigenvalue weighted by Gasteiger charge is -2.30. The first-order valence-electron chi connectivity index (χ1n) is 6.21. The fourth-order valence-electron chi connectivity index (χ4n) is 2.34. The van der Waals surface area contributed by atoms with Gasteiger partial charge in [-0.15, -0.1) is 0 Å². The standard InChI is InChI=1S/C14H20N2O/c1-11-5-3-6-12(9-11)14(17)15-13-7-4-8-16(2)10-13/h3,5-6,9,13H,4,7-8,10H2,1-2H3,(H,15,17). The van der Waals surface area contributed by atoms with Crippen LogP contribution in [0.4, 0.5) is 0 Å². The minimum absolute atomic E-state index is 0.0500. The lowest BCUT2D eigenvalue weighted by atomic mass is 10.1. The normalized spacial score (nSPS) is 21.2. The van der Waals surface area contributed by atoms with Gasteiger partial charge in [-0.2, -0.15) is 0 Å². The second-order valence-corrected chi connectivity index (χ2v) is 4.94. The van der Waals surface area contributed by atoms with Gasteiger partial charge < -0.3 is 10.2 Å². The van der Waals surface area contributed by atoms with Crippen molar-refractivity contribution >= 4 is 5.91 Å². The van der Waals surface area contributed by atoms with Crippen molar-refractivity contribution in [3.05, 3.63) is 35.4 Å². The van der Waals surface area contributed by atoms with Gasteiger partial charge in [0, 0.05) is 18.2 Å². The van der Waals surface area contributed by atoms with Gasteiger partial charge in [-0.25, -0.2) is 0 Å². The molecule has 1 unspecified atom stereocenters. The Balaban J connectivity index is 1.97. The maximum Gasteiger partial charge on any atom is 0.251 e. The Kier molecular flexibility index (Phi) is 3.79. The largest absolute Gasteiger partial charge is 0.348 e. The van der Waals surface area contributed by atoms with Crippen molar-refractivity contribution in [1.29, 1.82) is 0 Å². The third-order valence-corrected chi connectivity index (χ3v) is 3.24. The van der Waals surface area contributed by atoms with E-state index in [-0.39, 0.29) is 5.91 Å². The quantitative estimate of drug-likeness (QED) is 0.843. The average Bonchev–Trinajstić information content (AvgIpc) is 2.29. The van der Waals surface area contributed by atoms with Gasteiger partial charge >= 0.3 is 0 Å². The number of likely N-dealkylation sites (N-methyl/N-ethyl adjacent to an activating group) is 1. The Morgan fingerprint density at radius 3 is 3.00 bits per heavy atom. The van der Waals surface area contributed by atoms with E-state index >= 15 is 0 Å². The number of likely N-dealkylation sites (tertiary alicyclic amines) is 1. The van der Waals surface area contributed by atoms with E-state index in [2.05, 4.69) is 17.3 Å². The first-order chi connectivity index (χ1) is 8.15. The van der Waals surface area contributed by atoms with Crippen molar-refractivity contribution in [2.75, 3.05) is 20.1 Å². The van der Waals surface area contributed by atoms with Gasteiger partial charge in [0.1, 0.15) is 0 Å². The highest BCUT2D eigenvalue weighted by atomic mass is 16.1. The Labute approximate surface area is 103 Å². The molecule has 1 aromatic rings. The molecule has 1 aliphatic rings. The van der Waals surface area contributed by atoms with E-state index in [1.165, 1.54) is 0 Å². The molecule has 0 radical (unpaired) electrons. The molecule has 0 aromatic heterocycles. The van der Waals surface area contributed by atoms with Crippen LogP contribution in [0.2, 0.25) is 0 Å². The first-order valence-corrected chi connectivity index (χ1v) is 6.21. The Morgan fingerprint density at radius 2 is 2.29 bits per heavy atom. The summed E-state index contributed by atoms with van der Waals surface area (Å²) in [5, 5.41) is 3.11. The molecule has 1 saturated heterocycles. The summed E-state index contributed by atoms with van der Waals surface area (Å²) >= 11 is 0. The number of amides is 1. The van der Waals surface area contributed by atoms with Crippen molar-refractivity contribution < 1.29 is 4.79 Å². The van der Waals surface area contributed by atoms with Crippen LogP contribution in [0, 0.1) is 6.92 Å². The fourth-order valence-corrected chi connectivity index (χ4v) is 2.34. The van der Waals surface area contributed by atoms with Gasteiger partial charge in [0.05, 0.1) is 0 Å². The Hall–Kier alpha value is -1.35. The van der Waals surface area contributed by atoms with Crippen LogP contribution >= 0.6 is 0 Å². The van der Waals surface area contributed by atoms with E-state index in [0.29, 0.717) is 6.04 Å². The fraction of sp³-hybridized carbons (Fsp3) is 0.500. The van der Waals surface area contributed by atoms with Crippen molar-refractivity contribution in [1.82, 2.24) is 10.2 Å². The molecular weight excluding hydrogens is 212 g/mol. The monoisotopic (exact) mass is 232 g/mol. The van der Waals surface area contributed by atoms with Crippen LogP contribution in [0.3, 0.4) is 0 Å². The summed E-state index contributed by atoms with van der Waals surface area (Å²) < 4.78 is 0. The van der Waals surface area contributed by atoms with Gasteiger partial charge in [-0.1, -0.05) is 17.7 Å². The number of nitrogens with zero attached hydrogens (tertiary/aromatic N) is 1. The molecule has 1 amide bonds. The van der Waals surface area contributed by atoms with Crippen LogP contribution in [-0.4, -0.2) is 37.0 Å². The number of aryl methyl sites for hydroxylation is 1. The van der Waals surface area contributed by atoms with E-state index in [1.54, 1.807) is 0 Å². The summed E-state index contributed by atoms with van der Waals surface area (Å²) in [7, 11) is 2.10. The smallest absolute Gasteiger partial charge is 0.251 e. The Morgan fingerprint density at radius 1 is 1.47 bits per heavy atom. The topological polar surface area (TPSA) is 32.3 Å². The van der Waals surface area contributed by atoms with Gasteiger partial charge in [0.15, 0.2) is 0 Å². The number of carbonyl (C=O) groups is 1. The molecule has 1 aliphatic heterocycles. The van der Waals surface area contributed by atoms with Crippen LogP contribution in [0.15, 0.2) is 24.3 Å². The lowest BCUT2D eigenvalue weighted by molar-refractivity contribution is 0.0912. The highest BCUT2D eigenvalue weighted by molar-refractivity contribution is 5.94. The van der Waals surface area contributed by atoms with Crippen LogP contribution in [-0.2, 0) is 0 Å². The number of benzene rings is 1. The summed E-state index contributed by atoms with van der Waals surface area (Å²) in [6.07, 6.45) is 2.25. The number of hydrogen-bond acceptors (Lipinski definition) is 2. The van der Waals surface area contributed by atoms with Crippen LogP contribution in [0.5, 0.6) is 0 Å². The molecule has 1 N–H and O–H groups in total. The third-order valence-electron chi connectivity index (χ3n) is 3.24. The molecule has 2 rings (SSSR count). The van der Waals surface area contributed by atoms with E-state index in [0.717, 1.165) is 37.1 Å². The van der Waals surface area contributed by atoms with E-state index in [9.17, 15) is 4.79 Å². The predicted molar refractivity (Wildman–Crippen MR) is 69.2 cm³/mol. The molecule has 1 aromatic carbocycles. The second-order valence-electron chi connectivity index (χ2n) is 4.94. The third kappa shape index (κ3) is 3.30. The number of hydrogen-bond donors (Lipinski definition) is 1. The van der Waals surface area contributed by atoms with Crippen LogP contribution in [0.25, 0.3) is 0 Å². The highest BCUT2D eigenvalue weighted by Crippen LogP contribution is 2.10. The van der Waals surface area contributed by atoms with Gasteiger partial charge in [0.25, 0.3) is 5.91 Å². The lowest BCUT2D eigenvalue weighted by Crippen LogP contribution is -2.46. The van der Waals surface area contributed by atoms with Crippen molar-refractivity contribution in [3.63, 3.8) is 0 Å². The summed E-state index contributed by atoms with van der Waals surface area (Å²) in [5.41, 5.74) is 1.89. The zero-order valence-electron chi connectivity index (χ0n) is 10.6. The number of rotatable bonds is 2. The number of nitrogens with one attached hydrogen (secondary N) is 1. The van der Waals surface area contributed by atoms with Crippen LogP contribution < -0.4 is 5.32 Å². The highest BCUT2D eigenvalue weighted by Gasteiger charge is 2.19. The van der Waals surface area contributed by atoms with Gasteiger partial charge in [0.2, 0.25) is 0 Å². The molecule has 92 valence electrons. The molecule has 3 heteroatoms. The van der Waals surface area contributed by atoms with E-state index in [4.69, 9.17) is 0 Å². The first kappa shape index (κ1) is 12.1. The zero-order chi connectivity index (χ0) is 12.3. The minimum Gasteiger partial charge on any atom is -0.348 e. The molecule has 17 heavy (non-hydrogen) atoms. The molecule has 1 atom stereocenters. The van der Waals surface area contributed by atoms with Crippen LogP contribution in [0.1, 0.15) is 28.8 Å². The summed E-state index contributed by atoms with van der Waals surface area (Å²) in [6.45, 7) is 4.10. The molecule has 1 fully saturated rings. The average molecular weight is 232 g/mol. The summed E-state index contributed by atoms with van der Waals surface area (Å²) in [4.78, 5) is 14.3. The molecule has 3 nitrogen and oxygen atoms in total. The van der Waals surface area contributed by atoms with E-state index in [1.807, 2.05) is 31.2 Å². The SMILES string of the molecule is Cc1cccc(C(=O)NC2CCCN(C)C2)c1. The summed E-state index contributed by atoms with van der Waals surface area (Å²) in [5.74, 6) is 0.0500. The van der Waals surface area contributed by atoms with Gasteiger partial charge in [-0.05, 0) is 45.5 Å². The van der Waals surface area contributed by atoms with Crippen molar-refractivity contribution in [2.24, 2.45) is 0 Å².